The second-order valence-corrected chi connectivity index (χ2v) is 6.37. The summed E-state index contributed by atoms with van der Waals surface area (Å²) >= 11 is 0. The van der Waals surface area contributed by atoms with Crippen LogP contribution in [0.1, 0.15) is 42.4 Å². The van der Waals surface area contributed by atoms with Crippen LogP contribution in [0, 0.1) is 13.8 Å². The van der Waals surface area contributed by atoms with Gasteiger partial charge in [0.05, 0.1) is 11.3 Å². The van der Waals surface area contributed by atoms with Gasteiger partial charge in [0.15, 0.2) is 0 Å². The Bertz CT molecular complexity index is 669. The zero-order valence-electron chi connectivity index (χ0n) is 13.3. The highest BCUT2D eigenvalue weighted by Crippen LogP contribution is 2.25. The van der Waals surface area contributed by atoms with E-state index >= 15 is 0 Å². The lowest BCUT2D eigenvalue weighted by atomic mass is 9.99. The van der Waals surface area contributed by atoms with Crippen LogP contribution in [-0.2, 0) is 0 Å². The summed E-state index contributed by atoms with van der Waals surface area (Å²) in [5.41, 5.74) is 4.10. The number of rotatable bonds is 2. The summed E-state index contributed by atoms with van der Waals surface area (Å²) in [7, 11) is 0. The van der Waals surface area contributed by atoms with E-state index in [9.17, 15) is 4.79 Å². The molecule has 1 aromatic carbocycles. The van der Waals surface area contributed by atoms with Gasteiger partial charge < -0.3 is 5.32 Å². The van der Waals surface area contributed by atoms with Crippen molar-refractivity contribution < 1.29 is 4.79 Å². The summed E-state index contributed by atoms with van der Waals surface area (Å²) in [6.45, 7) is 9.89. The fraction of sp³-hybridized carbons (Fsp3) is 0.333. The molecule has 0 aliphatic carbocycles. The molecule has 0 radical (unpaired) electrons. The van der Waals surface area contributed by atoms with E-state index in [1.165, 1.54) is 0 Å². The van der Waals surface area contributed by atoms with Gasteiger partial charge in [0, 0.05) is 16.8 Å². The molecule has 3 nitrogen and oxygen atoms in total. The molecule has 1 heterocycles. The van der Waals surface area contributed by atoms with Crippen molar-refractivity contribution in [3.05, 3.63) is 53.2 Å². The standard InChI is InChI=1S/C18H22N2O/c1-12-8-6-7-9-14(12)16-15(11-10-13(2)19-16)17(21)20-18(3,4)5/h6-11H,1-5H3,(H,20,21). The molecule has 0 saturated carbocycles. The fourth-order valence-electron chi connectivity index (χ4n) is 2.19. The molecule has 0 fully saturated rings. The summed E-state index contributed by atoms with van der Waals surface area (Å²) in [5, 5.41) is 3.01. The molecular formula is C18H22N2O. The van der Waals surface area contributed by atoms with Gasteiger partial charge in [-0.2, -0.15) is 0 Å². The van der Waals surface area contributed by atoms with Gasteiger partial charge >= 0.3 is 0 Å². The number of benzene rings is 1. The van der Waals surface area contributed by atoms with Gasteiger partial charge in [0.2, 0.25) is 0 Å². The van der Waals surface area contributed by atoms with E-state index in [1.807, 2.05) is 71.0 Å². The molecule has 0 aliphatic rings. The molecule has 2 rings (SSSR count). The van der Waals surface area contributed by atoms with Gasteiger partial charge in [-0.1, -0.05) is 24.3 Å². The maximum atomic E-state index is 12.5. The largest absolute Gasteiger partial charge is 0.347 e. The van der Waals surface area contributed by atoms with Crippen LogP contribution in [0.4, 0.5) is 0 Å². The molecule has 110 valence electrons. The lowest BCUT2D eigenvalue weighted by Crippen LogP contribution is -2.40. The van der Waals surface area contributed by atoms with Crippen molar-refractivity contribution in [1.82, 2.24) is 10.3 Å². The van der Waals surface area contributed by atoms with Crippen LogP contribution < -0.4 is 5.32 Å². The molecule has 0 spiro atoms. The van der Waals surface area contributed by atoms with Crippen LogP contribution in [0.3, 0.4) is 0 Å². The number of carbonyl (C=O) groups is 1. The highest BCUT2D eigenvalue weighted by atomic mass is 16.1. The first-order chi connectivity index (χ1) is 9.78. The van der Waals surface area contributed by atoms with Gasteiger partial charge in [-0.05, 0) is 52.3 Å². The Labute approximate surface area is 126 Å². The van der Waals surface area contributed by atoms with Crippen LogP contribution >= 0.6 is 0 Å². The molecule has 0 saturated heterocycles. The van der Waals surface area contributed by atoms with E-state index in [0.29, 0.717) is 5.56 Å². The third-order valence-corrected chi connectivity index (χ3v) is 3.17. The lowest BCUT2D eigenvalue weighted by Gasteiger charge is -2.21. The Morgan fingerprint density at radius 2 is 1.71 bits per heavy atom. The monoisotopic (exact) mass is 282 g/mol. The predicted octanol–water partition coefficient (Wildman–Crippen LogP) is 3.89. The number of aromatic nitrogens is 1. The molecule has 21 heavy (non-hydrogen) atoms. The number of nitrogens with one attached hydrogen (secondary N) is 1. The van der Waals surface area contributed by atoms with Crippen molar-refractivity contribution in [2.24, 2.45) is 0 Å². The molecule has 3 heteroatoms. The third kappa shape index (κ3) is 3.69. The van der Waals surface area contributed by atoms with E-state index in [1.54, 1.807) is 0 Å². The topological polar surface area (TPSA) is 42.0 Å². The Morgan fingerprint density at radius 1 is 1.05 bits per heavy atom. The molecule has 0 atom stereocenters. The number of hydrogen-bond donors (Lipinski definition) is 1. The van der Waals surface area contributed by atoms with Gasteiger partial charge in [0.1, 0.15) is 0 Å². The second kappa shape index (κ2) is 5.68. The second-order valence-electron chi connectivity index (χ2n) is 6.37. The first-order valence-corrected chi connectivity index (χ1v) is 7.14. The van der Waals surface area contributed by atoms with Gasteiger partial charge in [0.25, 0.3) is 5.91 Å². The summed E-state index contributed by atoms with van der Waals surface area (Å²) in [6, 6.07) is 11.7. The first-order valence-electron chi connectivity index (χ1n) is 7.14. The van der Waals surface area contributed by atoms with E-state index in [2.05, 4.69) is 10.3 Å². The maximum Gasteiger partial charge on any atom is 0.253 e. The Morgan fingerprint density at radius 3 is 2.33 bits per heavy atom. The minimum absolute atomic E-state index is 0.0896. The molecule has 0 unspecified atom stereocenters. The Kier molecular flexibility index (Phi) is 4.12. The van der Waals surface area contributed by atoms with Crippen LogP contribution in [0.25, 0.3) is 11.3 Å². The molecule has 0 aliphatic heterocycles. The highest BCUT2D eigenvalue weighted by molar-refractivity contribution is 6.00. The first kappa shape index (κ1) is 15.2. The van der Waals surface area contributed by atoms with Gasteiger partial charge in [-0.25, -0.2) is 0 Å². The average Bonchev–Trinajstić information content (AvgIpc) is 2.37. The number of amides is 1. The predicted molar refractivity (Wildman–Crippen MR) is 86.4 cm³/mol. The Hall–Kier alpha value is -2.16. The number of carbonyl (C=O) groups excluding carboxylic acids is 1. The maximum absolute atomic E-state index is 12.5. The van der Waals surface area contributed by atoms with Crippen LogP contribution in [0.5, 0.6) is 0 Å². The highest BCUT2D eigenvalue weighted by Gasteiger charge is 2.20. The zero-order chi connectivity index (χ0) is 15.6. The normalized spacial score (nSPS) is 11.3. The van der Waals surface area contributed by atoms with Crippen molar-refractivity contribution in [3.63, 3.8) is 0 Å². The van der Waals surface area contributed by atoms with E-state index < -0.39 is 0 Å². The SMILES string of the molecule is Cc1ccc(C(=O)NC(C)(C)C)c(-c2ccccc2C)n1. The van der Waals surface area contributed by atoms with Crippen LogP contribution in [-0.4, -0.2) is 16.4 Å². The summed E-state index contributed by atoms with van der Waals surface area (Å²) in [4.78, 5) is 17.1. The van der Waals surface area contributed by atoms with Gasteiger partial charge in [-0.3, -0.25) is 9.78 Å². The molecular weight excluding hydrogens is 260 g/mol. The Balaban J connectivity index is 2.54. The van der Waals surface area contributed by atoms with E-state index in [-0.39, 0.29) is 11.4 Å². The summed E-state index contributed by atoms with van der Waals surface area (Å²) in [5.74, 6) is -0.0896. The number of hydrogen-bond acceptors (Lipinski definition) is 2. The average molecular weight is 282 g/mol. The van der Waals surface area contributed by atoms with Crippen molar-refractivity contribution in [1.29, 1.82) is 0 Å². The van der Waals surface area contributed by atoms with E-state index in [4.69, 9.17) is 0 Å². The minimum atomic E-state index is -0.273. The molecule has 1 amide bonds. The van der Waals surface area contributed by atoms with Crippen LogP contribution in [0.2, 0.25) is 0 Å². The molecule has 0 bridgehead atoms. The van der Waals surface area contributed by atoms with Crippen molar-refractivity contribution in [3.8, 4) is 11.3 Å². The lowest BCUT2D eigenvalue weighted by molar-refractivity contribution is 0.0920. The number of aryl methyl sites for hydroxylation is 2. The summed E-state index contributed by atoms with van der Waals surface area (Å²) < 4.78 is 0. The summed E-state index contributed by atoms with van der Waals surface area (Å²) in [6.07, 6.45) is 0. The third-order valence-electron chi connectivity index (χ3n) is 3.17. The molecule has 1 N–H and O–H groups in total. The number of nitrogens with zero attached hydrogens (tertiary/aromatic N) is 1. The van der Waals surface area contributed by atoms with Crippen LogP contribution in [0.15, 0.2) is 36.4 Å². The van der Waals surface area contributed by atoms with Crippen molar-refractivity contribution >= 4 is 5.91 Å². The minimum Gasteiger partial charge on any atom is -0.347 e. The smallest absolute Gasteiger partial charge is 0.253 e. The van der Waals surface area contributed by atoms with Gasteiger partial charge in [-0.15, -0.1) is 0 Å². The van der Waals surface area contributed by atoms with E-state index in [0.717, 1.165) is 22.5 Å². The fourth-order valence-corrected chi connectivity index (χ4v) is 2.19. The molecule has 2 aromatic rings. The van der Waals surface area contributed by atoms with Crippen molar-refractivity contribution in [2.45, 2.75) is 40.2 Å². The quantitative estimate of drug-likeness (QED) is 0.908. The molecule has 1 aromatic heterocycles. The van der Waals surface area contributed by atoms with Crippen molar-refractivity contribution in [2.75, 3.05) is 0 Å². The number of pyridine rings is 1. The zero-order valence-corrected chi connectivity index (χ0v) is 13.3.